The van der Waals surface area contributed by atoms with Crippen LogP contribution in [0.3, 0.4) is 0 Å². The molecule has 0 aliphatic carbocycles. The van der Waals surface area contributed by atoms with Gasteiger partial charge in [-0.15, -0.1) is 5.10 Å². The summed E-state index contributed by atoms with van der Waals surface area (Å²) in [4.78, 5) is 11.6. The second kappa shape index (κ2) is 3.00. The molecule has 1 atom stereocenters. The van der Waals surface area contributed by atoms with Gasteiger partial charge in [0.15, 0.2) is 0 Å². The molecule has 6 nitrogen and oxygen atoms in total. The van der Waals surface area contributed by atoms with Crippen LogP contribution in [0, 0.1) is 0 Å². The third kappa shape index (κ3) is 1.92. The van der Waals surface area contributed by atoms with E-state index in [1.807, 2.05) is 0 Å². The Labute approximate surface area is 62.8 Å². The molecule has 0 aliphatic heterocycles. The van der Waals surface area contributed by atoms with Crippen molar-refractivity contribution < 1.29 is 9.90 Å². The van der Waals surface area contributed by atoms with Crippen LogP contribution in [-0.4, -0.2) is 32.2 Å². The van der Waals surface area contributed by atoms with E-state index in [1.165, 1.54) is 24.1 Å². The smallest absolute Gasteiger partial charge is 0.327 e. The maximum atomic E-state index is 10.3. The van der Waals surface area contributed by atoms with Crippen LogP contribution < -0.4 is 5.43 Å². The van der Waals surface area contributed by atoms with Crippen molar-refractivity contribution in [3.8, 4) is 0 Å². The number of nitrogens with zero attached hydrogens (tertiary/aromatic N) is 3. The number of carbonyl (C=O) groups is 1. The standard InChI is InChI=1S/C5H8N4O2/c1-4(5(10)11)7-9-3-2-6-8-9/h2-4,7H,1H3,(H,10,11). The lowest BCUT2D eigenvalue weighted by Gasteiger charge is -2.08. The molecule has 1 unspecified atom stereocenters. The largest absolute Gasteiger partial charge is 0.480 e. The van der Waals surface area contributed by atoms with Crippen LogP contribution in [0.4, 0.5) is 0 Å². The summed E-state index contributed by atoms with van der Waals surface area (Å²) in [6, 6.07) is -0.670. The van der Waals surface area contributed by atoms with Crippen molar-refractivity contribution in [3.63, 3.8) is 0 Å². The first-order chi connectivity index (χ1) is 5.20. The first-order valence-electron chi connectivity index (χ1n) is 3.06. The van der Waals surface area contributed by atoms with Crippen molar-refractivity contribution in [1.29, 1.82) is 0 Å². The molecule has 0 fully saturated rings. The summed E-state index contributed by atoms with van der Waals surface area (Å²) < 4.78 is 0. The number of carboxylic acid groups (broad SMARTS) is 1. The molecule has 11 heavy (non-hydrogen) atoms. The van der Waals surface area contributed by atoms with E-state index in [0.29, 0.717) is 0 Å². The van der Waals surface area contributed by atoms with Gasteiger partial charge in [-0.3, -0.25) is 5.43 Å². The minimum atomic E-state index is -0.930. The normalized spacial score (nSPS) is 12.5. The molecule has 6 heteroatoms. The van der Waals surface area contributed by atoms with Crippen LogP contribution in [0.5, 0.6) is 0 Å². The minimum Gasteiger partial charge on any atom is -0.480 e. The molecule has 1 rings (SSSR count). The Kier molecular flexibility index (Phi) is 2.05. The lowest BCUT2D eigenvalue weighted by atomic mass is 10.4. The summed E-state index contributed by atoms with van der Waals surface area (Å²) in [6.07, 6.45) is 2.99. The fourth-order valence-corrected chi connectivity index (χ4v) is 0.531. The Balaban J connectivity index is 2.50. The van der Waals surface area contributed by atoms with Gasteiger partial charge in [-0.25, -0.2) is 4.79 Å². The Morgan fingerprint density at radius 1 is 1.82 bits per heavy atom. The van der Waals surface area contributed by atoms with Gasteiger partial charge in [0, 0.05) is 0 Å². The lowest BCUT2D eigenvalue weighted by Crippen LogP contribution is -2.32. The van der Waals surface area contributed by atoms with Crippen LogP contribution in [0.25, 0.3) is 0 Å². The molecular weight excluding hydrogens is 148 g/mol. The second-order valence-corrected chi connectivity index (χ2v) is 2.04. The van der Waals surface area contributed by atoms with E-state index in [2.05, 4.69) is 15.7 Å². The van der Waals surface area contributed by atoms with Gasteiger partial charge in [0.05, 0.1) is 12.4 Å². The molecule has 1 aromatic heterocycles. The summed E-state index contributed by atoms with van der Waals surface area (Å²) in [5, 5.41) is 15.5. The highest BCUT2D eigenvalue weighted by atomic mass is 16.4. The number of rotatable bonds is 3. The molecule has 1 heterocycles. The van der Waals surface area contributed by atoms with Gasteiger partial charge in [-0.05, 0) is 12.1 Å². The van der Waals surface area contributed by atoms with Gasteiger partial charge >= 0.3 is 5.97 Å². The summed E-state index contributed by atoms with van der Waals surface area (Å²) in [5.74, 6) is -0.930. The van der Waals surface area contributed by atoms with E-state index in [9.17, 15) is 4.79 Å². The zero-order chi connectivity index (χ0) is 8.27. The monoisotopic (exact) mass is 156 g/mol. The average Bonchev–Trinajstić information content (AvgIpc) is 2.39. The van der Waals surface area contributed by atoms with E-state index in [4.69, 9.17) is 5.11 Å². The first-order valence-corrected chi connectivity index (χ1v) is 3.06. The summed E-state index contributed by atoms with van der Waals surface area (Å²) in [6.45, 7) is 1.52. The molecule has 2 N–H and O–H groups in total. The van der Waals surface area contributed by atoms with Crippen LogP contribution in [0.2, 0.25) is 0 Å². The van der Waals surface area contributed by atoms with Gasteiger partial charge in [-0.2, -0.15) is 4.79 Å². The van der Waals surface area contributed by atoms with Gasteiger partial charge in [0.2, 0.25) is 0 Å². The molecule has 0 aromatic carbocycles. The number of aromatic nitrogens is 3. The van der Waals surface area contributed by atoms with Crippen LogP contribution >= 0.6 is 0 Å². The lowest BCUT2D eigenvalue weighted by molar-refractivity contribution is -0.137. The highest BCUT2D eigenvalue weighted by Crippen LogP contribution is 1.83. The van der Waals surface area contributed by atoms with Crippen molar-refractivity contribution in [2.45, 2.75) is 13.0 Å². The predicted octanol–water partition coefficient (Wildman–Crippen LogP) is -0.705. The SMILES string of the molecule is CC(Nn1ccnn1)C(=O)O. The van der Waals surface area contributed by atoms with Crippen LogP contribution in [0.1, 0.15) is 6.92 Å². The Bertz CT molecular complexity index is 233. The van der Waals surface area contributed by atoms with Gasteiger partial charge in [0.25, 0.3) is 0 Å². The molecule has 0 amide bonds. The van der Waals surface area contributed by atoms with Crippen molar-refractivity contribution in [1.82, 2.24) is 15.1 Å². The van der Waals surface area contributed by atoms with Crippen molar-refractivity contribution in [2.75, 3.05) is 5.43 Å². The number of aliphatic carboxylic acids is 1. The number of nitrogens with one attached hydrogen (secondary N) is 1. The van der Waals surface area contributed by atoms with E-state index < -0.39 is 12.0 Å². The third-order valence-corrected chi connectivity index (χ3v) is 1.12. The summed E-state index contributed by atoms with van der Waals surface area (Å²) in [5.41, 5.74) is 2.56. The zero-order valence-corrected chi connectivity index (χ0v) is 5.93. The molecule has 0 saturated heterocycles. The number of carboxylic acids is 1. The molecule has 60 valence electrons. The first kappa shape index (κ1) is 7.52. The third-order valence-electron chi connectivity index (χ3n) is 1.12. The Morgan fingerprint density at radius 2 is 2.55 bits per heavy atom. The van der Waals surface area contributed by atoms with Crippen molar-refractivity contribution in [2.24, 2.45) is 0 Å². The average molecular weight is 156 g/mol. The maximum Gasteiger partial charge on any atom is 0.327 e. The van der Waals surface area contributed by atoms with Gasteiger partial charge in [-0.1, -0.05) is 0 Å². The van der Waals surface area contributed by atoms with E-state index in [-0.39, 0.29) is 0 Å². The predicted molar refractivity (Wildman–Crippen MR) is 36.5 cm³/mol. The fraction of sp³-hybridized carbons (Fsp3) is 0.400. The quantitative estimate of drug-likeness (QED) is 0.604. The molecule has 0 radical (unpaired) electrons. The van der Waals surface area contributed by atoms with Crippen molar-refractivity contribution in [3.05, 3.63) is 12.4 Å². The molecule has 0 saturated carbocycles. The Morgan fingerprint density at radius 3 is 3.00 bits per heavy atom. The fourth-order valence-electron chi connectivity index (χ4n) is 0.531. The summed E-state index contributed by atoms with van der Waals surface area (Å²) >= 11 is 0. The van der Waals surface area contributed by atoms with E-state index >= 15 is 0 Å². The number of hydrogen-bond acceptors (Lipinski definition) is 4. The van der Waals surface area contributed by atoms with Crippen LogP contribution in [-0.2, 0) is 4.79 Å². The minimum absolute atomic E-state index is 0.670. The zero-order valence-electron chi connectivity index (χ0n) is 5.93. The van der Waals surface area contributed by atoms with Crippen LogP contribution in [0.15, 0.2) is 12.4 Å². The topological polar surface area (TPSA) is 80.0 Å². The number of hydrogen-bond donors (Lipinski definition) is 2. The molecule has 0 aliphatic rings. The van der Waals surface area contributed by atoms with Gasteiger partial charge in [0.1, 0.15) is 6.04 Å². The van der Waals surface area contributed by atoms with E-state index in [1.54, 1.807) is 0 Å². The van der Waals surface area contributed by atoms with E-state index in [0.717, 1.165) is 0 Å². The molecule has 1 aromatic rings. The molecule has 0 spiro atoms. The summed E-state index contributed by atoms with van der Waals surface area (Å²) in [7, 11) is 0. The molecule has 0 bridgehead atoms. The highest BCUT2D eigenvalue weighted by Gasteiger charge is 2.09. The van der Waals surface area contributed by atoms with Crippen molar-refractivity contribution >= 4 is 5.97 Å². The molecular formula is C5H8N4O2. The maximum absolute atomic E-state index is 10.3. The Hall–Kier alpha value is -1.59. The second-order valence-electron chi connectivity index (χ2n) is 2.04. The van der Waals surface area contributed by atoms with Gasteiger partial charge < -0.3 is 5.11 Å². The highest BCUT2D eigenvalue weighted by molar-refractivity contribution is 5.74.